The monoisotopic (exact) mass is 348 g/mol. The molecule has 2 rings (SSSR count). The normalized spacial score (nSPS) is 11.2. The van der Waals surface area contributed by atoms with Gasteiger partial charge in [-0.3, -0.25) is 4.79 Å². The number of amides is 1. The largest absolute Gasteiger partial charge is 0.508 e. The van der Waals surface area contributed by atoms with Gasteiger partial charge in [-0.15, -0.1) is 0 Å². The van der Waals surface area contributed by atoms with Crippen LogP contribution in [0.25, 0.3) is 0 Å². The number of nitrogens with one attached hydrogen (secondary N) is 1. The Morgan fingerprint density at radius 2 is 1.81 bits per heavy atom. The summed E-state index contributed by atoms with van der Waals surface area (Å²) in [5.74, 6) is -0.489. The van der Waals surface area contributed by atoms with E-state index in [0.717, 1.165) is 4.47 Å². The Morgan fingerprint density at radius 3 is 2.43 bits per heavy atom. The first-order valence-corrected chi connectivity index (χ1v) is 6.89. The first-order valence-electron chi connectivity index (χ1n) is 6.10. The average molecular weight is 349 g/mol. The Hall–Kier alpha value is -2.34. The zero-order chi connectivity index (χ0) is 15.4. The van der Waals surface area contributed by atoms with Crippen molar-refractivity contribution in [3.8, 4) is 11.5 Å². The summed E-state index contributed by atoms with van der Waals surface area (Å²) in [6, 6.07) is 11.0. The Kier molecular flexibility index (Phi) is 4.59. The molecule has 0 heterocycles. The van der Waals surface area contributed by atoms with Gasteiger partial charge in [0.15, 0.2) is 0 Å². The average Bonchev–Trinajstić information content (AvgIpc) is 2.45. The van der Waals surface area contributed by atoms with E-state index >= 15 is 0 Å². The third kappa shape index (κ3) is 3.82. The van der Waals surface area contributed by atoms with Gasteiger partial charge in [-0.25, -0.2) is 5.43 Å². The van der Waals surface area contributed by atoms with Gasteiger partial charge >= 0.3 is 0 Å². The molecular weight excluding hydrogens is 336 g/mol. The number of hydrogen-bond donors (Lipinski definition) is 3. The molecule has 0 bridgehead atoms. The van der Waals surface area contributed by atoms with Crippen molar-refractivity contribution in [2.24, 2.45) is 5.10 Å². The second kappa shape index (κ2) is 6.41. The van der Waals surface area contributed by atoms with E-state index in [2.05, 4.69) is 26.5 Å². The van der Waals surface area contributed by atoms with Crippen LogP contribution in [-0.2, 0) is 0 Å². The minimum Gasteiger partial charge on any atom is -0.508 e. The summed E-state index contributed by atoms with van der Waals surface area (Å²) in [6.07, 6.45) is 0. The standard InChI is InChI=1S/C15H13BrN2O3/c1-9(13-7-6-12(19)8-14(13)20)17-18-15(21)10-2-4-11(16)5-3-10/h2-8,19-20H,1H3,(H,18,21)/b17-9+. The number of hydrazone groups is 1. The topological polar surface area (TPSA) is 81.9 Å². The van der Waals surface area contributed by atoms with Crippen molar-refractivity contribution in [1.82, 2.24) is 5.43 Å². The van der Waals surface area contributed by atoms with Crippen LogP contribution in [0.2, 0.25) is 0 Å². The minimum atomic E-state index is -0.347. The molecule has 0 spiro atoms. The number of carbonyl (C=O) groups is 1. The van der Waals surface area contributed by atoms with E-state index in [1.54, 1.807) is 31.2 Å². The van der Waals surface area contributed by atoms with Crippen LogP contribution in [0, 0.1) is 0 Å². The number of hydrogen-bond acceptors (Lipinski definition) is 4. The lowest BCUT2D eigenvalue weighted by atomic mass is 10.1. The minimum absolute atomic E-state index is 0.0389. The van der Waals surface area contributed by atoms with Crippen LogP contribution in [0.15, 0.2) is 52.0 Å². The van der Waals surface area contributed by atoms with E-state index < -0.39 is 0 Å². The van der Waals surface area contributed by atoms with Crippen LogP contribution in [-0.4, -0.2) is 21.8 Å². The Morgan fingerprint density at radius 1 is 1.14 bits per heavy atom. The first-order chi connectivity index (χ1) is 9.97. The third-order valence-electron chi connectivity index (χ3n) is 2.80. The highest BCUT2D eigenvalue weighted by Crippen LogP contribution is 2.23. The zero-order valence-corrected chi connectivity index (χ0v) is 12.8. The van der Waals surface area contributed by atoms with Gasteiger partial charge in [0.1, 0.15) is 11.5 Å². The fourth-order valence-corrected chi connectivity index (χ4v) is 1.95. The quantitative estimate of drug-likeness (QED) is 0.589. The van der Waals surface area contributed by atoms with Crippen molar-refractivity contribution in [2.45, 2.75) is 6.92 Å². The lowest BCUT2D eigenvalue weighted by molar-refractivity contribution is 0.0955. The van der Waals surface area contributed by atoms with Crippen molar-refractivity contribution < 1.29 is 15.0 Å². The van der Waals surface area contributed by atoms with Gasteiger partial charge in [0, 0.05) is 21.7 Å². The molecule has 2 aromatic carbocycles. The van der Waals surface area contributed by atoms with Crippen LogP contribution in [0.5, 0.6) is 11.5 Å². The number of phenols is 2. The van der Waals surface area contributed by atoms with Crippen molar-refractivity contribution >= 4 is 27.5 Å². The molecule has 6 heteroatoms. The third-order valence-corrected chi connectivity index (χ3v) is 3.33. The van der Waals surface area contributed by atoms with Gasteiger partial charge in [0.25, 0.3) is 5.91 Å². The molecule has 108 valence electrons. The fraction of sp³-hybridized carbons (Fsp3) is 0.0667. The predicted molar refractivity (Wildman–Crippen MR) is 83.6 cm³/mol. The molecule has 0 aliphatic heterocycles. The number of rotatable bonds is 3. The molecule has 21 heavy (non-hydrogen) atoms. The SMILES string of the molecule is C/C(=N\NC(=O)c1ccc(Br)cc1)c1ccc(O)cc1O. The van der Waals surface area contributed by atoms with Gasteiger partial charge in [-0.05, 0) is 43.3 Å². The van der Waals surface area contributed by atoms with E-state index in [0.29, 0.717) is 16.8 Å². The lowest BCUT2D eigenvalue weighted by Gasteiger charge is -2.05. The second-order valence-corrected chi connectivity index (χ2v) is 5.26. The van der Waals surface area contributed by atoms with E-state index in [4.69, 9.17) is 0 Å². The highest BCUT2D eigenvalue weighted by Gasteiger charge is 2.07. The first kappa shape index (κ1) is 15.1. The van der Waals surface area contributed by atoms with Gasteiger partial charge in [-0.2, -0.15) is 5.10 Å². The summed E-state index contributed by atoms with van der Waals surface area (Å²) in [5.41, 5.74) is 3.76. The molecule has 0 unspecified atom stereocenters. The van der Waals surface area contributed by atoms with E-state index in [-0.39, 0.29) is 17.4 Å². The highest BCUT2D eigenvalue weighted by molar-refractivity contribution is 9.10. The summed E-state index contributed by atoms with van der Waals surface area (Å²) in [6.45, 7) is 1.65. The van der Waals surface area contributed by atoms with Gasteiger partial charge in [0.05, 0.1) is 5.71 Å². The Balaban J connectivity index is 2.12. The number of aromatic hydroxyl groups is 2. The summed E-state index contributed by atoms with van der Waals surface area (Å²) in [5, 5.41) is 22.9. The van der Waals surface area contributed by atoms with E-state index in [1.807, 2.05) is 0 Å². The van der Waals surface area contributed by atoms with Crippen molar-refractivity contribution in [1.29, 1.82) is 0 Å². The number of nitrogens with zero attached hydrogens (tertiary/aromatic N) is 1. The fourth-order valence-electron chi connectivity index (χ4n) is 1.69. The second-order valence-electron chi connectivity index (χ2n) is 4.35. The van der Waals surface area contributed by atoms with Crippen LogP contribution < -0.4 is 5.43 Å². The van der Waals surface area contributed by atoms with Crippen LogP contribution in [0.1, 0.15) is 22.8 Å². The molecule has 0 atom stereocenters. The zero-order valence-electron chi connectivity index (χ0n) is 11.2. The lowest BCUT2D eigenvalue weighted by Crippen LogP contribution is -2.19. The molecule has 0 radical (unpaired) electrons. The molecule has 1 amide bonds. The van der Waals surface area contributed by atoms with Crippen LogP contribution in [0.3, 0.4) is 0 Å². The molecule has 0 fully saturated rings. The maximum atomic E-state index is 11.9. The summed E-state index contributed by atoms with van der Waals surface area (Å²) in [7, 11) is 0. The van der Waals surface area contributed by atoms with Gasteiger partial charge in [-0.1, -0.05) is 15.9 Å². The smallest absolute Gasteiger partial charge is 0.271 e. The summed E-state index contributed by atoms with van der Waals surface area (Å²) in [4.78, 5) is 11.9. The number of phenolic OH excluding ortho intramolecular Hbond substituents is 2. The van der Waals surface area contributed by atoms with Crippen LogP contribution >= 0.6 is 15.9 Å². The van der Waals surface area contributed by atoms with Gasteiger partial charge in [0.2, 0.25) is 0 Å². The summed E-state index contributed by atoms with van der Waals surface area (Å²) < 4.78 is 0.882. The summed E-state index contributed by atoms with van der Waals surface area (Å²) >= 11 is 3.29. The Bertz CT molecular complexity index is 697. The molecule has 0 saturated carbocycles. The maximum Gasteiger partial charge on any atom is 0.271 e. The highest BCUT2D eigenvalue weighted by atomic mass is 79.9. The number of benzene rings is 2. The Labute approximate surface area is 130 Å². The van der Waals surface area contributed by atoms with Crippen molar-refractivity contribution in [3.63, 3.8) is 0 Å². The van der Waals surface area contributed by atoms with E-state index in [1.165, 1.54) is 18.2 Å². The molecule has 0 aliphatic rings. The van der Waals surface area contributed by atoms with Crippen molar-refractivity contribution in [3.05, 3.63) is 58.1 Å². The molecule has 0 aromatic heterocycles. The predicted octanol–water partition coefficient (Wildman–Crippen LogP) is 3.01. The van der Waals surface area contributed by atoms with Gasteiger partial charge < -0.3 is 10.2 Å². The molecule has 2 aromatic rings. The van der Waals surface area contributed by atoms with E-state index in [9.17, 15) is 15.0 Å². The number of carbonyl (C=O) groups excluding carboxylic acids is 1. The van der Waals surface area contributed by atoms with Crippen molar-refractivity contribution in [2.75, 3.05) is 0 Å². The number of halogens is 1. The van der Waals surface area contributed by atoms with Crippen LogP contribution in [0.4, 0.5) is 0 Å². The maximum absolute atomic E-state index is 11.9. The molecule has 0 aliphatic carbocycles. The molecule has 5 nitrogen and oxygen atoms in total. The molecular formula is C15H13BrN2O3. The molecule has 3 N–H and O–H groups in total. The molecule has 0 saturated heterocycles.